The summed E-state index contributed by atoms with van der Waals surface area (Å²) < 4.78 is 6.95. The Morgan fingerprint density at radius 1 is 1.00 bits per heavy atom. The van der Waals surface area contributed by atoms with Crippen LogP contribution in [-0.4, -0.2) is 52.4 Å². The summed E-state index contributed by atoms with van der Waals surface area (Å²) in [6.07, 6.45) is 5.62. The van der Waals surface area contributed by atoms with Crippen LogP contribution in [0.2, 0.25) is 5.02 Å². The maximum Gasteiger partial charge on any atom is 0.355 e. The number of benzene rings is 3. The van der Waals surface area contributed by atoms with E-state index in [9.17, 15) is 19.5 Å². The molecule has 8 rings (SSSR count). The Hall–Kier alpha value is -3.98. The van der Waals surface area contributed by atoms with Crippen LogP contribution in [0.25, 0.3) is 16.6 Å². The van der Waals surface area contributed by atoms with Crippen molar-refractivity contribution in [1.29, 1.82) is 0 Å². The highest BCUT2D eigenvalue weighted by molar-refractivity contribution is 6.31. The number of para-hydroxylation sites is 1. The van der Waals surface area contributed by atoms with Crippen molar-refractivity contribution < 1.29 is 19.4 Å². The van der Waals surface area contributed by atoms with Gasteiger partial charge in [0, 0.05) is 51.8 Å². The van der Waals surface area contributed by atoms with Gasteiger partial charge in [-0.2, -0.15) is 0 Å². The standard InChI is InChI=1S/C39H42ClN3O5/c1-38(2,47)22-41-39-19-24-15-26(20-39)33(27(16-24)21-39)42-36(45)25-11-9-23(10-12-25)17-31-34(37(46)48-3)43(29-7-5-4-6-8-29)32-18-28(40)13-14-30(32)35(31)44/h4-14,18,24,26-27,33,41,47H,15-17,19-22H2,1-3H3,(H,42,45). The highest BCUT2D eigenvalue weighted by Crippen LogP contribution is 2.55. The first-order chi connectivity index (χ1) is 22.9. The number of β-amino-alcohol motifs (C(OH)–C–C–N with tert-alkyl or cyclic N) is 1. The summed E-state index contributed by atoms with van der Waals surface area (Å²) in [7, 11) is 1.30. The van der Waals surface area contributed by atoms with E-state index >= 15 is 0 Å². The second-order valence-electron chi connectivity index (χ2n) is 14.8. The highest BCUT2D eigenvalue weighted by atomic mass is 35.5. The zero-order valence-electron chi connectivity index (χ0n) is 27.6. The van der Waals surface area contributed by atoms with E-state index in [4.69, 9.17) is 16.3 Å². The zero-order valence-corrected chi connectivity index (χ0v) is 28.3. The smallest absolute Gasteiger partial charge is 0.355 e. The molecule has 8 nitrogen and oxygen atoms in total. The van der Waals surface area contributed by atoms with Crippen LogP contribution in [0.5, 0.6) is 0 Å². The number of methoxy groups -OCH3 is 1. The van der Waals surface area contributed by atoms with Crippen molar-refractivity contribution in [2.75, 3.05) is 13.7 Å². The molecule has 3 aromatic carbocycles. The lowest BCUT2D eigenvalue weighted by atomic mass is 9.51. The molecule has 4 bridgehead atoms. The molecule has 3 N–H and O–H groups in total. The van der Waals surface area contributed by atoms with Crippen LogP contribution in [0.1, 0.15) is 77.9 Å². The van der Waals surface area contributed by atoms with Crippen LogP contribution in [0, 0.1) is 17.8 Å². The van der Waals surface area contributed by atoms with E-state index in [-0.39, 0.29) is 35.0 Å². The molecule has 250 valence electrons. The first-order valence-electron chi connectivity index (χ1n) is 16.8. The number of aromatic nitrogens is 1. The minimum atomic E-state index is -0.759. The van der Waals surface area contributed by atoms with E-state index in [0.29, 0.717) is 57.0 Å². The van der Waals surface area contributed by atoms with Gasteiger partial charge in [-0.05, 0) is 112 Å². The number of ether oxygens (including phenoxy) is 1. The fourth-order valence-electron chi connectivity index (χ4n) is 8.82. The van der Waals surface area contributed by atoms with Crippen molar-refractivity contribution in [2.45, 2.75) is 69.6 Å². The van der Waals surface area contributed by atoms with Gasteiger partial charge < -0.3 is 25.0 Å². The third-order valence-electron chi connectivity index (χ3n) is 10.7. The lowest BCUT2D eigenvalue weighted by molar-refractivity contribution is -0.0528. The largest absolute Gasteiger partial charge is 0.464 e. The van der Waals surface area contributed by atoms with Crippen molar-refractivity contribution >= 4 is 34.4 Å². The van der Waals surface area contributed by atoms with E-state index in [1.54, 1.807) is 34.9 Å². The van der Waals surface area contributed by atoms with Gasteiger partial charge in [0.1, 0.15) is 5.69 Å². The van der Waals surface area contributed by atoms with Gasteiger partial charge in [-0.25, -0.2) is 4.79 Å². The number of hydrogen-bond donors (Lipinski definition) is 3. The van der Waals surface area contributed by atoms with E-state index in [1.807, 2.05) is 56.3 Å². The number of nitrogens with one attached hydrogen (secondary N) is 2. The van der Waals surface area contributed by atoms with Crippen molar-refractivity contribution in [1.82, 2.24) is 15.2 Å². The van der Waals surface area contributed by atoms with Crippen LogP contribution in [-0.2, 0) is 11.2 Å². The van der Waals surface area contributed by atoms with Gasteiger partial charge >= 0.3 is 5.97 Å². The van der Waals surface area contributed by atoms with Crippen LogP contribution in [0.15, 0.2) is 77.6 Å². The second-order valence-corrected chi connectivity index (χ2v) is 15.2. The summed E-state index contributed by atoms with van der Waals surface area (Å²) >= 11 is 6.36. The molecule has 0 spiro atoms. The number of pyridine rings is 1. The Labute approximate surface area is 285 Å². The predicted molar refractivity (Wildman–Crippen MR) is 187 cm³/mol. The van der Waals surface area contributed by atoms with Crippen LogP contribution in [0.3, 0.4) is 0 Å². The molecule has 2 atom stereocenters. The molecule has 0 saturated heterocycles. The van der Waals surface area contributed by atoms with Crippen molar-refractivity contribution in [3.63, 3.8) is 0 Å². The Morgan fingerprint density at radius 2 is 1.69 bits per heavy atom. The third kappa shape index (κ3) is 6.17. The number of amides is 1. The van der Waals surface area contributed by atoms with Gasteiger partial charge in [-0.3, -0.25) is 9.59 Å². The topological polar surface area (TPSA) is 110 Å². The Balaban J connectivity index is 1.14. The summed E-state index contributed by atoms with van der Waals surface area (Å²) in [6, 6.07) is 21.8. The minimum Gasteiger partial charge on any atom is -0.464 e. The highest BCUT2D eigenvalue weighted by Gasteiger charge is 2.55. The molecular formula is C39H42ClN3O5. The molecule has 2 unspecified atom stereocenters. The molecule has 4 fully saturated rings. The Morgan fingerprint density at radius 3 is 2.33 bits per heavy atom. The summed E-state index contributed by atoms with van der Waals surface area (Å²) in [5.41, 5.74) is 2.03. The van der Waals surface area contributed by atoms with E-state index in [0.717, 1.165) is 37.7 Å². The Bertz CT molecular complexity index is 1920. The van der Waals surface area contributed by atoms with Crippen molar-refractivity contribution in [3.05, 3.63) is 110 Å². The summed E-state index contributed by atoms with van der Waals surface area (Å²) in [5.74, 6) is 0.774. The predicted octanol–water partition coefficient (Wildman–Crippen LogP) is 6.06. The van der Waals surface area contributed by atoms with E-state index < -0.39 is 11.6 Å². The Kier molecular flexibility index (Phi) is 8.47. The minimum absolute atomic E-state index is 0.0521. The molecule has 4 saturated carbocycles. The molecule has 0 aliphatic heterocycles. The molecular weight excluding hydrogens is 626 g/mol. The number of halogens is 1. The number of aliphatic hydroxyl groups is 1. The van der Waals surface area contributed by atoms with Gasteiger partial charge in [0.15, 0.2) is 5.43 Å². The van der Waals surface area contributed by atoms with Crippen molar-refractivity contribution in [2.24, 2.45) is 17.8 Å². The normalized spacial score (nSPS) is 24.5. The molecule has 4 aliphatic rings. The van der Waals surface area contributed by atoms with Gasteiger partial charge in [0.25, 0.3) is 5.91 Å². The van der Waals surface area contributed by atoms with E-state index in [2.05, 4.69) is 10.6 Å². The van der Waals surface area contributed by atoms with Gasteiger partial charge in [0.2, 0.25) is 0 Å². The number of hydrogen-bond acceptors (Lipinski definition) is 6. The first-order valence-corrected chi connectivity index (χ1v) is 17.2. The average molecular weight is 668 g/mol. The third-order valence-corrected chi connectivity index (χ3v) is 10.9. The summed E-state index contributed by atoms with van der Waals surface area (Å²) in [5, 5.41) is 18.3. The quantitative estimate of drug-likeness (QED) is 0.187. The number of rotatable bonds is 9. The van der Waals surface area contributed by atoms with Gasteiger partial charge in [-0.1, -0.05) is 41.9 Å². The maximum absolute atomic E-state index is 14.0. The number of esters is 1. The number of nitrogens with zero attached hydrogens (tertiary/aromatic N) is 1. The molecule has 4 aliphatic carbocycles. The lowest BCUT2D eigenvalue weighted by Gasteiger charge is -2.60. The number of carbonyl (C=O) groups is 2. The molecule has 9 heteroatoms. The zero-order chi connectivity index (χ0) is 33.8. The van der Waals surface area contributed by atoms with Crippen LogP contribution in [0.4, 0.5) is 0 Å². The summed E-state index contributed by atoms with van der Waals surface area (Å²) in [4.78, 5) is 40.9. The molecule has 1 amide bonds. The molecule has 4 aromatic rings. The van der Waals surface area contributed by atoms with Crippen molar-refractivity contribution in [3.8, 4) is 5.69 Å². The fourth-order valence-corrected chi connectivity index (χ4v) is 8.99. The summed E-state index contributed by atoms with van der Waals surface area (Å²) in [6.45, 7) is 4.24. The SMILES string of the molecule is COC(=O)c1c(Cc2ccc(C(=O)NC3C4CC5CC3CC(NCC(C)(C)O)(C5)C4)cc2)c(=O)c2ccc(Cl)cc2n1-c1ccccc1. The number of fused-ring (bicyclic) bond motifs is 1. The van der Waals surface area contributed by atoms with E-state index in [1.165, 1.54) is 7.11 Å². The number of carbonyl (C=O) groups excluding carboxylic acids is 2. The van der Waals surface area contributed by atoms with Gasteiger partial charge in [0.05, 0.1) is 18.2 Å². The van der Waals surface area contributed by atoms with Gasteiger partial charge in [-0.15, -0.1) is 0 Å². The molecule has 0 radical (unpaired) electrons. The monoisotopic (exact) mass is 667 g/mol. The van der Waals surface area contributed by atoms with Crippen LogP contribution >= 0.6 is 11.6 Å². The van der Waals surface area contributed by atoms with Crippen LogP contribution < -0.4 is 16.1 Å². The molecule has 48 heavy (non-hydrogen) atoms. The maximum atomic E-state index is 14.0. The lowest BCUT2D eigenvalue weighted by Crippen LogP contribution is -2.66. The first kappa shape index (κ1) is 32.6. The average Bonchev–Trinajstić information content (AvgIpc) is 3.06. The molecule has 1 aromatic heterocycles. The molecule has 1 heterocycles. The fraction of sp³-hybridized carbons (Fsp3) is 0.410. The second kappa shape index (κ2) is 12.5.